The maximum absolute atomic E-state index is 13.1. The van der Waals surface area contributed by atoms with Crippen LogP contribution in [0.2, 0.25) is 0 Å². The number of nitrogens with zero attached hydrogens (tertiary/aromatic N) is 2. The summed E-state index contributed by atoms with van der Waals surface area (Å²) < 4.78 is 32.7. The zero-order chi connectivity index (χ0) is 22.1. The predicted octanol–water partition coefficient (Wildman–Crippen LogP) is 1.39. The molecule has 2 fully saturated rings. The number of likely N-dealkylation sites (N-methyl/N-ethyl adjacent to an activating group) is 1. The Morgan fingerprint density at radius 1 is 1.27 bits per heavy atom. The van der Waals surface area contributed by atoms with E-state index < -0.39 is 39.8 Å². The highest BCUT2D eigenvalue weighted by Crippen LogP contribution is 2.44. The highest BCUT2D eigenvalue weighted by Gasteiger charge is 2.62. The number of ether oxygens (including phenoxy) is 1. The summed E-state index contributed by atoms with van der Waals surface area (Å²) in [5.74, 6) is -2.17. The Kier molecular flexibility index (Phi) is 6.66. The molecular weight excluding hydrogens is 408 g/mol. The van der Waals surface area contributed by atoms with Crippen LogP contribution in [0.1, 0.15) is 38.7 Å². The lowest BCUT2D eigenvalue weighted by Gasteiger charge is -2.45. The van der Waals surface area contributed by atoms with Crippen molar-refractivity contribution in [2.24, 2.45) is 5.92 Å². The molecule has 0 aromatic heterocycles. The second-order valence-corrected chi connectivity index (χ2v) is 9.91. The number of benzene rings is 1. The lowest BCUT2D eigenvalue weighted by atomic mass is 9.76. The van der Waals surface area contributed by atoms with Crippen LogP contribution in [0.15, 0.2) is 29.2 Å². The van der Waals surface area contributed by atoms with Gasteiger partial charge in [-0.1, -0.05) is 29.7 Å². The standard InChI is InChI=1S/C21H30N2O6S/c1-4-6-15-7-9-16(10-8-15)30(27,28)23-13-11-21(12-14-23)17(20(26)29-5-2)18(24)19(25)22(21)3/h7-10,17-18,24H,4-6,11-14H2,1-3H3/t17-,18+/m0/s1. The highest BCUT2D eigenvalue weighted by atomic mass is 32.3. The lowest BCUT2D eigenvalue weighted by Crippen LogP contribution is -2.58. The Morgan fingerprint density at radius 2 is 1.87 bits per heavy atom. The van der Waals surface area contributed by atoms with Crippen molar-refractivity contribution in [2.75, 3.05) is 26.7 Å². The van der Waals surface area contributed by atoms with E-state index in [1.165, 1.54) is 9.21 Å². The first-order valence-corrected chi connectivity index (χ1v) is 11.8. The van der Waals surface area contributed by atoms with Crippen molar-refractivity contribution in [3.8, 4) is 0 Å². The number of piperidine rings is 1. The molecule has 1 aromatic rings. The fourth-order valence-corrected chi connectivity index (χ4v) is 6.11. The van der Waals surface area contributed by atoms with Crippen molar-refractivity contribution in [3.05, 3.63) is 29.8 Å². The topological polar surface area (TPSA) is 110 Å². The Bertz CT molecular complexity index is 834. The van der Waals surface area contributed by atoms with Gasteiger partial charge in [0.05, 0.1) is 12.1 Å². The van der Waals surface area contributed by atoms with Gasteiger partial charge in [-0.15, -0.1) is 4.31 Å². The predicted molar refractivity (Wildman–Crippen MR) is 110 cm³/mol. The van der Waals surface area contributed by atoms with Gasteiger partial charge in [0.15, 0.2) is 15.3 Å². The average Bonchev–Trinajstić information content (AvgIpc) is 2.90. The van der Waals surface area contributed by atoms with Crippen LogP contribution < -0.4 is 0 Å². The molecular formula is C21H30N2O6S. The Labute approximate surface area is 178 Å². The number of carbonyl (C=O) groups is 2. The molecule has 2 saturated heterocycles. The molecule has 166 valence electrons. The van der Waals surface area contributed by atoms with Crippen molar-refractivity contribution < 1.29 is 28.2 Å². The molecule has 2 aliphatic rings. The minimum absolute atomic E-state index is 0.143. The van der Waals surface area contributed by atoms with Crippen LogP contribution in [-0.2, 0) is 35.4 Å². The summed E-state index contributed by atoms with van der Waals surface area (Å²) >= 11 is 0. The van der Waals surface area contributed by atoms with Gasteiger partial charge >= 0.3 is 5.97 Å². The molecule has 0 aliphatic carbocycles. The summed E-state index contributed by atoms with van der Waals surface area (Å²) in [5, 5.41) is 10.4. The van der Waals surface area contributed by atoms with Crippen molar-refractivity contribution in [3.63, 3.8) is 0 Å². The van der Waals surface area contributed by atoms with Gasteiger partial charge in [0.2, 0.25) is 0 Å². The third kappa shape index (κ3) is 3.79. The molecule has 1 spiro atoms. The van der Waals surface area contributed by atoms with Gasteiger partial charge in [-0.25, -0.2) is 0 Å². The molecule has 8 nitrogen and oxygen atoms in total. The number of carbonyl (C=O) groups excluding carboxylic acids is 2. The van der Waals surface area contributed by atoms with Crippen LogP contribution in [0.25, 0.3) is 0 Å². The molecule has 2 heterocycles. The first kappa shape index (κ1) is 22.9. The Hall–Kier alpha value is -1.81. The third-order valence-electron chi connectivity index (χ3n) is 6.37. The summed E-state index contributed by atoms with van der Waals surface area (Å²) in [7, 11) is -2.12. The van der Waals surface area contributed by atoms with Crippen LogP contribution in [0.4, 0.5) is 0 Å². The second kappa shape index (κ2) is 8.74. The van der Waals surface area contributed by atoms with Crippen molar-refractivity contribution >= 4 is 22.3 Å². The molecule has 0 bridgehead atoms. The van der Waals surface area contributed by atoms with E-state index in [1.54, 1.807) is 26.1 Å². The summed E-state index contributed by atoms with van der Waals surface area (Å²) in [4.78, 5) is 26.6. The smallest absolute Gasteiger partial charge is 0.314 e. The summed E-state index contributed by atoms with van der Waals surface area (Å²) in [6.45, 7) is 4.18. The van der Waals surface area contributed by atoms with Crippen molar-refractivity contribution in [1.29, 1.82) is 0 Å². The van der Waals surface area contributed by atoms with E-state index in [9.17, 15) is 23.5 Å². The number of amides is 1. The molecule has 3 rings (SSSR count). The van der Waals surface area contributed by atoms with E-state index >= 15 is 0 Å². The maximum atomic E-state index is 13.1. The fourth-order valence-electron chi connectivity index (χ4n) is 4.67. The van der Waals surface area contributed by atoms with Gasteiger partial charge in [-0.3, -0.25) is 9.59 Å². The zero-order valence-electron chi connectivity index (χ0n) is 17.7. The summed E-state index contributed by atoms with van der Waals surface area (Å²) in [5.41, 5.74) is 0.145. The summed E-state index contributed by atoms with van der Waals surface area (Å²) in [6.07, 6.45) is 0.916. The van der Waals surface area contributed by atoms with E-state index in [4.69, 9.17) is 4.74 Å². The number of aliphatic hydroxyl groups is 1. The first-order chi connectivity index (χ1) is 14.2. The quantitative estimate of drug-likeness (QED) is 0.531. The fraction of sp³-hybridized carbons (Fsp3) is 0.619. The molecule has 1 amide bonds. The first-order valence-electron chi connectivity index (χ1n) is 10.4. The minimum Gasteiger partial charge on any atom is -0.593 e. The highest BCUT2D eigenvalue weighted by molar-refractivity contribution is 7.95. The Balaban J connectivity index is 1.80. The van der Waals surface area contributed by atoms with Gasteiger partial charge in [0.1, 0.15) is 12.0 Å². The van der Waals surface area contributed by atoms with Gasteiger partial charge in [-0.05, 0) is 43.9 Å². The number of hydrogen-bond donors (Lipinski definition) is 1. The van der Waals surface area contributed by atoms with Gasteiger partial charge < -0.3 is 19.3 Å². The molecule has 2 aliphatic heterocycles. The molecule has 30 heavy (non-hydrogen) atoms. The number of aryl methyl sites for hydroxylation is 1. The van der Waals surface area contributed by atoms with Crippen LogP contribution in [0.3, 0.4) is 0 Å². The maximum Gasteiger partial charge on any atom is 0.314 e. The number of hydrogen-bond acceptors (Lipinski definition) is 6. The third-order valence-corrected chi connectivity index (χ3v) is 8.29. The minimum atomic E-state index is -3.68. The van der Waals surface area contributed by atoms with E-state index in [2.05, 4.69) is 6.92 Å². The number of aliphatic hydroxyl groups excluding tert-OH is 1. The molecule has 1 N–H and O–H groups in total. The molecule has 9 heteroatoms. The van der Waals surface area contributed by atoms with E-state index in [0.29, 0.717) is 0 Å². The van der Waals surface area contributed by atoms with E-state index in [-0.39, 0.29) is 37.4 Å². The lowest BCUT2D eigenvalue weighted by molar-refractivity contribution is -0.155. The molecule has 0 radical (unpaired) electrons. The number of likely N-dealkylation sites (tertiary alicyclic amines) is 1. The van der Waals surface area contributed by atoms with Gasteiger partial charge in [0, 0.05) is 20.1 Å². The zero-order valence-corrected chi connectivity index (χ0v) is 18.5. The van der Waals surface area contributed by atoms with Crippen LogP contribution in [0, 0.1) is 5.92 Å². The SMILES string of the molecule is CCCc1ccc([S+](=O)([O-])N2CCC3(CC2)[C@H](C(=O)OCC)[C@@H](O)C(=O)N3C)cc1. The largest absolute Gasteiger partial charge is 0.593 e. The van der Waals surface area contributed by atoms with Crippen molar-refractivity contribution in [1.82, 2.24) is 9.21 Å². The van der Waals surface area contributed by atoms with Crippen LogP contribution >= 0.6 is 0 Å². The van der Waals surface area contributed by atoms with Crippen LogP contribution in [0.5, 0.6) is 0 Å². The van der Waals surface area contributed by atoms with E-state index in [1.807, 2.05) is 12.1 Å². The van der Waals surface area contributed by atoms with E-state index in [0.717, 1.165) is 18.4 Å². The normalized spacial score (nSPS) is 26.0. The molecule has 1 unspecified atom stereocenters. The van der Waals surface area contributed by atoms with Gasteiger partial charge in [-0.2, -0.15) is 0 Å². The number of sulfonamides is 1. The number of rotatable bonds is 6. The second-order valence-electron chi connectivity index (χ2n) is 7.97. The number of esters is 1. The van der Waals surface area contributed by atoms with Crippen molar-refractivity contribution in [2.45, 2.75) is 56.1 Å². The average molecular weight is 439 g/mol. The van der Waals surface area contributed by atoms with Gasteiger partial charge in [0.25, 0.3) is 5.91 Å². The molecule has 3 atom stereocenters. The Morgan fingerprint density at radius 3 is 2.40 bits per heavy atom. The summed E-state index contributed by atoms with van der Waals surface area (Å²) in [6, 6.07) is 6.92. The molecule has 0 saturated carbocycles. The monoisotopic (exact) mass is 438 g/mol. The van der Waals surface area contributed by atoms with Crippen LogP contribution in [-0.4, -0.2) is 69.1 Å². The molecule has 1 aromatic carbocycles.